The molecule has 0 aliphatic heterocycles. The molecule has 0 aliphatic rings. The van der Waals surface area contributed by atoms with Gasteiger partial charge in [0.15, 0.2) is 17.5 Å². The second-order valence-electron chi connectivity index (χ2n) is 7.32. The number of halogens is 1. The second-order valence-corrected chi connectivity index (χ2v) is 7.32. The molecule has 0 saturated carbocycles. The second kappa shape index (κ2) is 11.4. The van der Waals surface area contributed by atoms with Crippen LogP contribution in [0.4, 0.5) is 4.39 Å². The van der Waals surface area contributed by atoms with Crippen LogP contribution in [0.1, 0.15) is 17.2 Å². The van der Waals surface area contributed by atoms with Crippen molar-refractivity contribution < 1.29 is 13.9 Å². The number of hydrogen-bond donors (Lipinski definition) is 1. The minimum Gasteiger partial charge on any atom is -0.493 e. The first-order chi connectivity index (χ1) is 14.4. The monoisotopic (exact) mass is 416 g/mol. The van der Waals surface area contributed by atoms with Crippen molar-refractivity contribution in [3.05, 3.63) is 59.4 Å². The molecule has 6 nitrogen and oxygen atoms in total. The first-order valence-electron chi connectivity index (χ1n) is 9.94. The van der Waals surface area contributed by atoms with Crippen molar-refractivity contribution in [1.29, 1.82) is 0 Å². The largest absolute Gasteiger partial charge is 0.493 e. The molecule has 2 aromatic rings. The Labute approximate surface area is 179 Å². The van der Waals surface area contributed by atoms with Crippen LogP contribution in [0.25, 0.3) is 0 Å². The molecule has 1 N–H and O–H groups in total. The summed E-state index contributed by atoms with van der Waals surface area (Å²) in [6.45, 7) is 1.39. The third-order valence-electron chi connectivity index (χ3n) is 5.07. The fraction of sp³-hybridized carbons (Fsp3) is 0.435. The average Bonchev–Trinajstić information content (AvgIpc) is 2.74. The molecule has 0 fully saturated rings. The number of nitrogens with one attached hydrogen (secondary N) is 1. The summed E-state index contributed by atoms with van der Waals surface area (Å²) in [5.41, 5.74) is 2.08. The van der Waals surface area contributed by atoms with Gasteiger partial charge in [0.05, 0.1) is 20.3 Å². The Bertz CT molecular complexity index is 842. The highest BCUT2D eigenvalue weighted by molar-refractivity contribution is 5.79. The van der Waals surface area contributed by atoms with E-state index in [-0.39, 0.29) is 11.9 Å². The molecule has 2 aromatic carbocycles. The molecule has 1 unspecified atom stereocenters. The Morgan fingerprint density at radius 2 is 1.80 bits per heavy atom. The average molecular weight is 417 g/mol. The molecule has 30 heavy (non-hydrogen) atoms. The van der Waals surface area contributed by atoms with Crippen LogP contribution in [0.3, 0.4) is 0 Å². The Balaban J connectivity index is 1.98. The SMILES string of the molecule is CN=C(NCC(c1cccc(F)c1)N(C)C)N(C)CCc1ccc(OC)c(OC)c1. The van der Waals surface area contributed by atoms with Gasteiger partial charge in [-0.2, -0.15) is 0 Å². The Hall–Kier alpha value is -2.80. The van der Waals surface area contributed by atoms with Crippen molar-refractivity contribution in [2.24, 2.45) is 4.99 Å². The summed E-state index contributed by atoms with van der Waals surface area (Å²) in [6, 6.07) is 12.7. The third kappa shape index (κ3) is 6.35. The van der Waals surface area contributed by atoms with Crippen LogP contribution < -0.4 is 14.8 Å². The molecule has 0 heterocycles. The van der Waals surface area contributed by atoms with Gasteiger partial charge in [-0.05, 0) is 55.9 Å². The maximum atomic E-state index is 13.7. The molecule has 164 valence electrons. The molecule has 0 amide bonds. The van der Waals surface area contributed by atoms with Crippen LogP contribution in [0.15, 0.2) is 47.5 Å². The van der Waals surface area contributed by atoms with E-state index in [0.717, 1.165) is 41.6 Å². The number of rotatable bonds is 9. The molecule has 7 heteroatoms. The normalized spacial score (nSPS) is 12.6. The first-order valence-corrected chi connectivity index (χ1v) is 9.94. The zero-order valence-electron chi connectivity index (χ0n) is 18.8. The number of likely N-dealkylation sites (N-methyl/N-ethyl adjacent to an activating group) is 2. The predicted octanol–water partition coefficient (Wildman–Crippen LogP) is 3.20. The minimum atomic E-state index is -0.226. The molecular weight excluding hydrogens is 383 g/mol. The van der Waals surface area contributed by atoms with Crippen molar-refractivity contribution >= 4 is 5.96 Å². The van der Waals surface area contributed by atoms with E-state index in [0.29, 0.717) is 6.54 Å². The van der Waals surface area contributed by atoms with Gasteiger partial charge in [-0.25, -0.2) is 4.39 Å². The van der Waals surface area contributed by atoms with Crippen molar-refractivity contribution in [3.8, 4) is 11.5 Å². The number of ether oxygens (including phenoxy) is 2. The van der Waals surface area contributed by atoms with Gasteiger partial charge in [0.25, 0.3) is 0 Å². The molecule has 2 rings (SSSR count). The summed E-state index contributed by atoms with van der Waals surface area (Å²) in [7, 11) is 11.0. The topological polar surface area (TPSA) is 49.3 Å². The third-order valence-corrected chi connectivity index (χ3v) is 5.07. The van der Waals surface area contributed by atoms with Gasteiger partial charge < -0.3 is 24.6 Å². The van der Waals surface area contributed by atoms with E-state index in [9.17, 15) is 4.39 Å². The summed E-state index contributed by atoms with van der Waals surface area (Å²) < 4.78 is 24.3. The standard InChI is InChI=1S/C23H33FN4O2/c1-25-23(26-16-20(27(2)3)18-8-7-9-19(24)15-18)28(4)13-12-17-10-11-21(29-5)22(14-17)30-6/h7-11,14-15,20H,12-13,16H2,1-6H3,(H,25,26). The molecule has 0 aromatic heterocycles. The summed E-state index contributed by atoms with van der Waals surface area (Å²) >= 11 is 0. The number of aliphatic imine (C=N–C) groups is 1. The fourth-order valence-corrected chi connectivity index (χ4v) is 3.32. The number of guanidine groups is 1. The lowest BCUT2D eigenvalue weighted by molar-refractivity contribution is 0.295. The number of methoxy groups -OCH3 is 2. The lowest BCUT2D eigenvalue weighted by Gasteiger charge is -2.28. The Kier molecular flexibility index (Phi) is 8.92. The van der Waals surface area contributed by atoms with E-state index in [2.05, 4.69) is 20.1 Å². The van der Waals surface area contributed by atoms with Gasteiger partial charge in [-0.3, -0.25) is 4.99 Å². The van der Waals surface area contributed by atoms with E-state index in [1.165, 1.54) is 6.07 Å². The smallest absolute Gasteiger partial charge is 0.193 e. The van der Waals surface area contributed by atoms with Crippen LogP contribution >= 0.6 is 0 Å². The van der Waals surface area contributed by atoms with Gasteiger partial charge in [0.1, 0.15) is 5.82 Å². The van der Waals surface area contributed by atoms with E-state index in [1.54, 1.807) is 33.4 Å². The van der Waals surface area contributed by atoms with Crippen LogP contribution in [0, 0.1) is 5.82 Å². The van der Waals surface area contributed by atoms with Gasteiger partial charge in [0.2, 0.25) is 0 Å². The first kappa shape index (κ1) is 23.5. The highest BCUT2D eigenvalue weighted by Crippen LogP contribution is 2.27. The van der Waals surface area contributed by atoms with Crippen LogP contribution in [-0.4, -0.2) is 71.3 Å². The van der Waals surface area contributed by atoms with Crippen LogP contribution in [-0.2, 0) is 6.42 Å². The number of hydrogen-bond acceptors (Lipinski definition) is 4. The van der Waals surface area contributed by atoms with Crippen LogP contribution in [0.5, 0.6) is 11.5 Å². The van der Waals surface area contributed by atoms with E-state index < -0.39 is 0 Å². The number of nitrogens with zero attached hydrogens (tertiary/aromatic N) is 3. The number of benzene rings is 2. The lowest BCUT2D eigenvalue weighted by atomic mass is 10.1. The van der Waals surface area contributed by atoms with Crippen molar-refractivity contribution in [1.82, 2.24) is 15.1 Å². The van der Waals surface area contributed by atoms with Gasteiger partial charge in [0, 0.05) is 27.2 Å². The molecular formula is C23H33FN4O2. The summed E-state index contributed by atoms with van der Waals surface area (Å²) in [5, 5.41) is 3.41. The molecule has 1 atom stereocenters. The molecule has 0 saturated heterocycles. The van der Waals surface area contributed by atoms with Gasteiger partial charge in [-0.15, -0.1) is 0 Å². The van der Waals surface area contributed by atoms with Crippen molar-refractivity contribution in [3.63, 3.8) is 0 Å². The summed E-state index contributed by atoms with van der Waals surface area (Å²) in [6.07, 6.45) is 0.832. The quantitative estimate of drug-likeness (QED) is 0.503. The lowest BCUT2D eigenvalue weighted by Crippen LogP contribution is -2.43. The molecule has 0 radical (unpaired) electrons. The minimum absolute atomic E-state index is 0.0247. The van der Waals surface area contributed by atoms with Gasteiger partial charge >= 0.3 is 0 Å². The fourth-order valence-electron chi connectivity index (χ4n) is 3.32. The Morgan fingerprint density at radius 1 is 1.07 bits per heavy atom. The molecule has 0 spiro atoms. The van der Waals surface area contributed by atoms with E-state index in [4.69, 9.17) is 9.47 Å². The van der Waals surface area contributed by atoms with E-state index in [1.807, 2.05) is 45.4 Å². The van der Waals surface area contributed by atoms with Crippen molar-refractivity contribution in [2.75, 3.05) is 55.5 Å². The van der Waals surface area contributed by atoms with Crippen LogP contribution in [0.2, 0.25) is 0 Å². The zero-order chi connectivity index (χ0) is 22.1. The summed E-state index contributed by atoms with van der Waals surface area (Å²) in [4.78, 5) is 8.54. The Morgan fingerprint density at radius 3 is 2.40 bits per heavy atom. The predicted molar refractivity (Wildman–Crippen MR) is 120 cm³/mol. The maximum Gasteiger partial charge on any atom is 0.193 e. The highest BCUT2D eigenvalue weighted by atomic mass is 19.1. The van der Waals surface area contributed by atoms with Gasteiger partial charge in [-0.1, -0.05) is 18.2 Å². The van der Waals surface area contributed by atoms with Crippen molar-refractivity contribution in [2.45, 2.75) is 12.5 Å². The highest BCUT2D eigenvalue weighted by Gasteiger charge is 2.16. The molecule has 0 bridgehead atoms. The summed E-state index contributed by atoms with van der Waals surface area (Å²) in [5.74, 6) is 2.01. The zero-order valence-corrected chi connectivity index (χ0v) is 18.8. The molecule has 0 aliphatic carbocycles. The van der Waals surface area contributed by atoms with E-state index >= 15 is 0 Å². The maximum absolute atomic E-state index is 13.7.